The molecule has 1 atom stereocenters. The van der Waals surface area contributed by atoms with Gasteiger partial charge in [-0.25, -0.2) is 8.78 Å². The van der Waals surface area contributed by atoms with E-state index in [9.17, 15) is 13.9 Å². The Kier molecular flexibility index (Phi) is 4.83. The van der Waals surface area contributed by atoms with Crippen molar-refractivity contribution in [2.75, 3.05) is 13.1 Å². The summed E-state index contributed by atoms with van der Waals surface area (Å²) in [5.74, 6) is -0.990. The highest BCUT2D eigenvalue weighted by atomic mass is 19.1. The van der Waals surface area contributed by atoms with Gasteiger partial charge in [-0.1, -0.05) is 19.9 Å². The largest absolute Gasteiger partial charge is 0.387 e. The molecule has 0 aliphatic rings. The predicted molar refractivity (Wildman–Crippen MR) is 59.0 cm³/mol. The quantitative estimate of drug-likeness (QED) is 0.811. The normalized spacial score (nSPS) is 13.1. The summed E-state index contributed by atoms with van der Waals surface area (Å²) >= 11 is 0. The minimum atomic E-state index is -1.15. The molecule has 16 heavy (non-hydrogen) atoms. The number of halogens is 2. The van der Waals surface area contributed by atoms with Crippen molar-refractivity contribution in [2.45, 2.75) is 20.0 Å². The van der Waals surface area contributed by atoms with Gasteiger partial charge >= 0.3 is 0 Å². The molecule has 0 saturated carbocycles. The Balaban J connectivity index is 2.62. The molecule has 0 saturated heterocycles. The van der Waals surface area contributed by atoms with Crippen LogP contribution < -0.4 is 5.32 Å². The maximum atomic E-state index is 13.3. The van der Waals surface area contributed by atoms with E-state index in [-0.39, 0.29) is 12.1 Å². The maximum Gasteiger partial charge on any atom is 0.131 e. The molecule has 2 nitrogen and oxygen atoms in total. The van der Waals surface area contributed by atoms with Crippen molar-refractivity contribution >= 4 is 0 Å². The van der Waals surface area contributed by atoms with Crippen molar-refractivity contribution < 1.29 is 13.9 Å². The molecular formula is C12H17F2NO. The van der Waals surface area contributed by atoms with Gasteiger partial charge < -0.3 is 10.4 Å². The average Bonchev–Trinajstić information content (AvgIpc) is 2.16. The van der Waals surface area contributed by atoms with E-state index in [2.05, 4.69) is 5.32 Å². The van der Waals surface area contributed by atoms with Gasteiger partial charge in [0.05, 0.1) is 11.7 Å². The number of hydrogen-bond acceptors (Lipinski definition) is 2. The third-order valence-electron chi connectivity index (χ3n) is 2.22. The standard InChI is InChI=1S/C12H17F2NO/c1-8(2)6-15-7-11(16)12-9(13)4-3-5-10(12)14/h3-5,8,11,15-16H,6-7H2,1-2H3. The Morgan fingerprint density at radius 3 is 2.25 bits per heavy atom. The molecule has 0 fully saturated rings. The van der Waals surface area contributed by atoms with E-state index >= 15 is 0 Å². The van der Waals surface area contributed by atoms with Gasteiger partial charge in [0.25, 0.3) is 0 Å². The lowest BCUT2D eigenvalue weighted by Gasteiger charge is -2.14. The number of benzene rings is 1. The highest BCUT2D eigenvalue weighted by Crippen LogP contribution is 2.19. The number of aliphatic hydroxyl groups is 1. The van der Waals surface area contributed by atoms with Crippen molar-refractivity contribution in [3.05, 3.63) is 35.4 Å². The summed E-state index contributed by atoms with van der Waals surface area (Å²) in [4.78, 5) is 0. The lowest BCUT2D eigenvalue weighted by atomic mass is 10.1. The molecule has 0 radical (unpaired) electrons. The lowest BCUT2D eigenvalue weighted by molar-refractivity contribution is 0.164. The van der Waals surface area contributed by atoms with Crippen LogP contribution in [-0.2, 0) is 0 Å². The molecule has 0 aromatic heterocycles. The SMILES string of the molecule is CC(C)CNCC(O)c1c(F)cccc1F. The lowest BCUT2D eigenvalue weighted by Crippen LogP contribution is -2.26. The monoisotopic (exact) mass is 229 g/mol. The third-order valence-corrected chi connectivity index (χ3v) is 2.22. The summed E-state index contributed by atoms with van der Waals surface area (Å²) in [6, 6.07) is 3.57. The van der Waals surface area contributed by atoms with E-state index in [0.29, 0.717) is 12.5 Å². The van der Waals surface area contributed by atoms with E-state index in [1.165, 1.54) is 6.07 Å². The topological polar surface area (TPSA) is 32.3 Å². The summed E-state index contributed by atoms with van der Waals surface area (Å²) in [7, 11) is 0. The van der Waals surface area contributed by atoms with Gasteiger partial charge in [0, 0.05) is 6.54 Å². The van der Waals surface area contributed by atoms with E-state index in [1.54, 1.807) is 0 Å². The van der Waals surface area contributed by atoms with Gasteiger partial charge in [-0.2, -0.15) is 0 Å². The molecule has 0 bridgehead atoms. The van der Waals surface area contributed by atoms with Crippen LogP contribution in [0.25, 0.3) is 0 Å². The molecule has 1 rings (SSSR count). The smallest absolute Gasteiger partial charge is 0.131 e. The third kappa shape index (κ3) is 3.54. The molecule has 0 amide bonds. The Morgan fingerprint density at radius 1 is 1.19 bits per heavy atom. The minimum Gasteiger partial charge on any atom is -0.387 e. The molecular weight excluding hydrogens is 212 g/mol. The molecule has 2 N–H and O–H groups in total. The number of hydrogen-bond donors (Lipinski definition) is 2. The highest BCUT2D eigenvalue weighted by molar-refractivity contribution is 5.22. The second-order valence-corrected chi connectivity index (χ2v) is 4.20. The van der Waals surface area contributed by atoms with Crippen LogP contribution in [0, 0.1) is 17.6 Å². The molecule has 90 valence electrons. The van der Waals surface area contributed by atoms with Crippen molar-refractivity contribution in [1.82, 2.24) is 5.32 Å². The fourth-order valence-corrected chi connectivity index (χ4v) is 1.44. The molecule has 0 aliphatic heterocycles. The van der Waals surface area contributed by atoms with E-state index in [1.807, 2.05) is 13.8 Å². The summed E-state index contributed by atoms with van der Waals surface area (Å²) in [6.45, 7) is 4.88. The summed E-state index contributed by atoms with van der Waals surface area (Å²) < 4.78 is 26.5. The Morgan fingerprint density at radius 2 is 1.75 bits per heavy atom. The summed E-state index contributed by atoms with van der Waals surface area (Å²) in [5.41, 5.74) is -0.265. The summed E-state index contributed by atoms with van der Waals surface area (Å²) in [6.07, 6.45) is -1.15. The van der Waals surface area contributed by atoms with E-state index < -0.39 is 17.7 Å². The Hall–Kier alpha value is -1.00. The zero-order valence-electron chi connectivity index (χ0n) is 9.50. The summed E-state index contributed by atoms with van der Waals surface area (Å²) in [5, 5.41) is 12.6. The first-order valence-corrected chi connectivity index (χ1v) is 5.35. The second kappa shape index (κ2) is 5.92. The zero-order chi connectivity index (χ0) is 12.1. The molecule has 1 unspecified atom stereocenters. The van der Waals surface area contributed by atoms with Crippen LogP contribution in [0.5, 0.6) is 0 Å². The van der Waals surface area contributed by atoms with Crippen LogP contribution in [0.2, 0.25) is 0 Å². The molecule has 0 aliphatic carbocycles. The molecule has 4 heteroatoms. The first-order chi connectivity index (χ1) is 7.52. The maximum absolute atomic E-state index is 13.3. The molecule has 1 aromatic carbocycles. The minimum absolute atomic E-state index is 0.149. The zero-order valence-corrected chi connectivity index (χ0v) is 9.50. The Bertz CT molecular complexity index is 322. The average molecular weight is 229 g/mol. The van der Waals surface area contributed by atoms with E-state index in [0.717, 1.165) is 12.1 Å². The van der Waals surface area contributed by atoms with Gasteiger partial charge in [-0.3, -0.25) is 0 Å². The van der Waals surface area contributed by atoms with Gasteiger partial charge in [-0.15, -0.1) is 0 Å². The number of rotatable bonds is 5. The number of aliphatic hydroxyl groups excluding tert-OH is 1. The van der Waals surface area contributed by atoms with Gasteiger partial charge in [0.1, 0.15) is 11.6 Å². The van der Waals surface area contributed by atoms with Crippen LogP contribution >= 0.6 is 0 Å². The molecule has 0 heterocycles. The van der Waals surface area contributed by atoms with Crippen molar-refractivity contribution in [2.24, 2.45) is 5.92 Å². The fraction of sp³-hybridized carbons (Fsp3) is 0.500. The second-order valence-electron chi connectivity index (χ2n) is 4.20. The van der Waals surface area contributed by atoms with Crippen molar-refractivity contribution in [3.63, 3.8) is 0 Å². The van der Waals surface area contributed by atoms with Crippen LogP contribution in [0.1, 0.15) is 25.5 Å². The first-order valence-electron chi connectivity index (χ1n) is 5.35. The van der Waals surface area contributed by atoms with E-state index in [4.69, 9.17) is 0 Å². The van der Waals surface area contributed by atoms with Crippen LogP contribution in [0.15, 0.2) is 18.2 Å². The fourth-order valence-electron chi connectivity index (χ4n) is 1.44. The van der Waals surface area contributed by atoms with Crippen LogP contribution in [0.3, 0.4) is 0 Å². The van der Waals surface area contributed by atoms with Crippen molar-refractivity contribution in [1.29, 1.82) is 0 Å². The van der Waals surface area contributed by atoms with Crippen LogP contribution in [-0.4, -0.2) is 18.2 Å². The highest BCUT2D eigenvalue weighted by Gasteiger charge is 2.17. The van der Waals surface area contributed by atoms with Gasteiger partial charge in [0.15, 0.2) is 0 Å². The molecule has 1 aromatic rings. The molecule has 0 spiro atoms. The predicted octanol–water partition coefficient (Wildman–Crippen LogP) is 2.24. The van der Waals surface area contributed by atoms with Crippen LogP contribution in [0.4, 0.5) is 8.78 Å². The first kappa shape index (κ1) is 13.1. The van der Waals surface area contributed by atoms with Gasteiger partial charge in [-0.05, 0) is 24.6 Å². The van der Waals surface area contributed by atoms with Gasteiger partial charge in [0.2, 0.25) is 0 Å². The number of nitrogens with one attached hydrogen (secondary N) is 1. The van der Waals surface area contributed by atoms with Crippen molar-refractivity contribution in [3.8, 4) is 0 Å². The Labute approximate surface area is 94.3 Å².